The minimum absolute atomic E-state index is 0.416. The van der Waals surface area contributed by atoms with Crippen molar-refractivity contribution in [1.82, 2.24) is 0 Å². The lowest BCUT2D eigenvalue weighted by molar-refractivity contribution is 0.0734. The third-order valence-corrected chi connectivity index (χ3v) is 6.54. The Hall–Kier alpha value is -3.67. The van der Waals surface area contributed by atoms with Gasteiger partial charge in [0.05, 0.1) is 30.2 Å². The molecule has 0 bridgehead atoms. The van der Waals surface area contributed by atoms with Crippen LogP contribution in [0.5, 0.6) is 17.2 Å². The fraction of sp³-hybridized carbons (Fsp3) is 0.441. The molecule has 0 saturated heterocycles. The Bertz CT molecular complexity index is 1130. The maximum absolute atomic E-state index is 12.6. The Morgan fingerprint density at radius 3 is 1.45 bits per heavy atom. The normalized spacial score (nSPS) is 11.1. The SMILES string of the molecule is CCCCCCCCCCOc1ccc(C(=O)Oc2ccc(N=Nc3ccc(OCCCCC)cc3)cc2)cc1. The molecule has 3 aromatic carbocycles. The van der Waals surface area contributed by atoms with Crippen molar-refractivity contribution in [3.63, 3.8) is 0 Å². The number of ether oxygens (including phenoxy) is 3. The van der Waals surface area contributed by atoms with E-state index in [-0.39, 0.29) is 0 Å². The van der Waals surface area contributed by atoms with E-state index in [1.54, 1.807) is 36.4 Å². The molecule has 214 valence electrons. The number of hydrogen-bond donors (Lipinski definition) is 0. The van der Waals surface area contributed by atoms with E-state index in [4.69, 9.17) is 14.2 Å². The van der Waals surface area contributed by atoms with Crippen LogP contribution in [0.2, 0.25) is 0 Å². The smallest absolute Gasteiger partial charge is 0.343 e. The van der Waals surface area contributed by atoms with Gasteiger partial charge in [-0.05, 0) is 85.6 Å². The fourth-order valence-corrected chi connectivity index (χ4v) is 4.13. The Morgan fingerprint density at radius 1 is 0.525 bits per heavy atom. The van der Waals surface area contributed by atoms with Crippen molar-refractivity contribution in [2.45, 2.75) is 84.5 Å². The molecule has 0 heterocycles. The second kappa shape index (κ2) is 18.6. The molecule has 0 aliphatic heterocycles. The lowest BCUT2D eigenvalue weighted by Crippen LogP contribution is -2.08. The van der Waals surface area contributed by atoms with E-state index in [1.165, 1.54) is 57.8 Å². The van der Waals surface area contributed by atoms with Crippen molar-refractivity contribution >= 4 is 17.3 Å². The van der Waals surface area contributed by atoms with Crippen LogP contribution in [-0.4, -0.2) is 19.2 Å². The zero-order valence-corrected chi connectivity index (χ0v) is 24.1. The molecule has 0 N–H and O–H groups in total. The van der Waals surface area contributed by atoms with Gasteiger partial charge in [0.25, 0.3) is 0 Å². The molecule has 0 aromatic heterocycles. The lowest BCUT2D eigenvalue weighted by atomic mass is 10.1. The molecule has 0 aliphatic rings. The molecule has 0 saturated carbocycles. The quantitative estimate of drug-likeness (QED) is 0.0651. The van der Waals surface area contributed by atoms with Gasteiger partial charge < -0.3 is 14.2 Å². The summed E-state index contributed by atoms with van der Waals surface area (Å²) >= 11 is 0. The van der Waals surface area contributed by atoms with Gasteiger partial charge in [0.15, 0.2) is 0 Å². The third-order valence-electron chi connectivity index (χ3n) is 6.54. The maximum Gasteiger partial charge on any atom is 0.343 e. The van der Waals surface area contributed by atoms with Crippen LogP contribution in [0.4, 0.5) is 11.4 Å². The summed E-state index contributed by atoms with van der Waals surface area (Å²) in [6.45, 7) is 5.84. The number of rotatable bonds is 19. The van der Waals surface area contributed by atoms with Crippen molar-refractivity contribution in [3.05, 3.63) is 78.4 Å². The van der Waals surface area contributed by atoms with Crippen LogP contribution in [0.25, 0.3) is 0 Å². The van der Waals surface area contributed by atoms with E-state index in [1.807, 2.05) is 36.4 Å². The van der Waals surface area contributed by atoms with Crippen LogP contribution in [0.1, 0.15) is 94.8 Å². The predicted molar refractivity (Wildman–Crippen MR) is 162 cm³/mol. The van der Waals surface area contributed by atoms with Crippen molar-refractivity contribution in [2.24, 2.45) is 10.2 Å². The first-order valence-corrected chi connectivity index (χ1v) is 14.9. The van der Waals surface area contributed by atoms with Gasteiger partial charge in [0.1, 0.15) is 17.2 Å². The lowest BCUT2D eigenvalue weighted by Gasteiger charge is -2.08. The highest BCUT2D eigenvalue weighted by Gasteiger charge is 2.09. The average Bonchev–Trinajstić information content (AvgIpc) is 2.99. The van der Waals surface area contributed by atoms with Gasteiger partial charge in [-0.1, -0.05) is 71.6 Å². The fourth-order valence-electron chi connectivity index (χ4n) is 4.13. The molecular weight excluding hydrogens is 500 g/mol. The highest BCUT2D eigenvalue weighted by molar-refractivity contribution is 5.91. The number of nitrogens with zero attached hydrogens (tertiary/aromatic N) is 2. The number of esters is 1. The van der Waals surface area contributed by atoms with Crippen LogP contribution in [0.15, 0.2) is 83.0 Å². The monoisotopic (exact) mass is 544 g/mol. The number of benzene rings is 3. The highest BCUT2D eigenvalue weighted by atomic mass is 16.5. The summed E-state index contributed by atoms with van der Waals surface area (Å²) in [6.07, 6.45) is 13.6. The van der Waals surface area contributed by atoms with Crippen LogP contribution in [0, 0.1) is 0 Å². The summed E-state index contributed by atoms with van der Waals surface area (Å²) < 4.78 is 17.1. The zero-order valence-electron chi connectivity index (χ0n) is 24.1. The van der Waals surface area contributed by atoms with Crippen LogP contribution < -0.4 is 14.2 Å². The number of carbonyl (C=O) groups excluding carboxylic acids is 1. The van der Waals surface area contributed by atoms with Crippen molar-refractivity contribution < 1.29 is 19.0 Å². The zero-order chi connectivity index (χ0) is 28.3. The Morgan fingerprint density at radius 2 is 0.925 bits per heavy atom. The first-order chi connectivity index (χ1) is 19.7. The molecule has 0 aliphatic carbocycles. The van der Waals surface area contributed by atoms with E-state index < -0.39 is 5.97 Å². The molecule has 6 nitrogen and oxygen atoms in total. The molecule has 40 heavy (non-hydrogen) atoms. The van der Waals surface area contributed by atoms with Crippen molar-refractivity contribution in [2.75, 3.05) is 13.2 Å². The minimum atomic E-state index is -0.416. The van der Waals surface area contributed by atoms with Gasteiger partial charge in [-0.3, -0.25) is 0 Å². The number of carbonyl (C=O) groups is 1. The van der Waals surface area contributed by atoms with E-state index in [0.717, 1.165) is 36.6 Å². The molecule has 0 atom stereocenters. The van der Waals surface area contributed by atoms with Crippen LogP contribution in [-0.2, 0) is 0 Å². The van der Waals surface area contributed by atoms with Crippen LogP contribution in [0.3, 0.4) is 0 Å². The van der Waals surface area contributed by atoms with Crippen molar-refractivity contribution in [3.8, 4) is 17.2 Å². The Balaban J connectivity index is 1.37. The second-order valence-electron chi connectivity index (χ2n) is 9.98. The molecule has 0 radical (unpaired) electrons. The van der Waals surface area contributed by atoms with Crippen LogP contribution >= 0.6 is 0 Å². The summed E-state index contributed by atoms with van der Waals surface area (Å²) in [7, 11) is 0. The Kier molecular flexibility index (Phi) is 14.3. The molecule has 3 aromatic rings. The summed E-state index contributed by atoms with van der Waals surface area (Å²) in [5.74, 6) is 1.63. The Labute approximate surface area is 239 Å². The van der Waals surface area contributed by atoms with E-state index in [2.05, 4.69) is 24.1 Å². The predicted octanol–water partition coefficient (Wildman–Crippen LogP) is 10.4. The van der Waals surface area contributed by atoms with Gasteiger partial charge in [0, 0.05) is 0 Å². The molecule has 6 heteroatoms. The first kappa shape index (κ1) is 30.9. The standard InChI is InChI=1S/C34H44N2O4/c1-3-5-7-8-9-10-11-13-27-39-31-20-14-28(15-21-31)34(37)40-33-24-18-30(19-25-33)36-35-29-16-22-32(23-17-29)38-26-12-6-4-2/h14-25H,3-13,26-27H2,1-2H3. The summed E-state index contributed by atoms with van der Waals surface area (Å²) in [5, 5.41) is 8.54. The first-order valence-electron chi connectivity index (χ1n) is 14.9. The van der Waals surface area contributed by atoms with Gasteiger partial charge in [-0.25, -0.2) is 4.79 Å². The molecule has 0 unspecified atom stereocenters. The summed E-state index contributed by atoms with van der Waals surface area (Å²) in [5.41, 5.74) is 1.88. The van der Waals surface area contributed by atoms with E-state index in [0.29, 0.717) is 23.6 Å². The summed E-state index contributed by atoms with van der Waals surface area (Å²) in [4.78, 5) is 12.6. The molecule has 3 rings (SSSR count). The van der Waals surface area contributed by atoms with Gasteiger partial charge in [0.2, 0.25) is 0 Å². The van der Waals surface area contributed by atoms with E-state index in [9.17, 15) is 4.79 Å². The molecular formula is C34H44N2O4. The topological polar surface area (TPSA) is 69.5 Å². The van der Waals surface area contributed by atoms with Gasteiger partial charge in [-0.15, -0.1) is 0 Å². The molecule has 0 amide bonds. The van der Waals surface area contributed by atoms with Gasteiger partial charge in [-0.2, -0.15) is 10.2 Å². The van der Waals surface area contributed by atoms with Gasteiger partial charge >= 0.3 is 5.97 Å². The molecule has 0 fully saturated rings. The summed E-state index contributed by atoms with van der Waals surface area (Å²) in [6, 6.07) is 21.6. The number of unbranched alkanes of at least 4 members (excludes halogenated alkanes) is 9. The maximum atomic E-state index is 12.6. The highest BCUT2D eigenvalue weighted by Crippen LogP contribution is 2.24. The third kappa shape index (κ3) is 12.0. The minimum Gasteiger partial charge on any atom is -0.494 e. The number of hydrogen-bond acceptors (Lipinski definition) is 6. The van der Waals surface area contributed by atoms with E-state index >= 15 is 0 Å². The number of azo groups is 1. The van der Waals surface area contributed by atoms with Crippen molar-refractivity contribution in [1.29, 1.82) is 0 Å². The average molecular weight is 545 g/mol. The largest absolute Gasteiger partial charge is 0.494 e. The molecule has 0 spiro atoms. The second-order valence-corrected chi connectivity index (χ2v) is 9.98.